The second kappa shape index (κ2) is 11.8. The third-order valence-corrected chi connectivity index (χ3v) is 6.78. The molecule has 6 rings (SSSR count). The number of carbonyl (C=O) groups excluding carboxylic acids is 2. The van der Waals surface area contributed by atoms with Gasteiger partial charge in [-0.1, -0.05) is 24.3 Å². The molecule has 3 aliphatic rings. The number of carbonyl (C=O) groups is 2. The first kappa shape index (κ1) is 26.5. The lowest BCUT2D eigenvalue weighted by Crippen LogP contribution is -2.40. The summed E-state index contributed by atoms with van der Waals surface area (Å²) in [5.41, 5.74) is 3.76. The fourth-order valence-corrected chi connectivity index (χ4v) is 4.63. The van der Waals surface area contributed by atoms with Crippen molar-refractivity contribution in [2.24, 2.45) is 0 Å². The van der Waals surface area contributed by atoms with Crippen LogP contribution < -0.4 is 29.7 Å². The quantitative estimate of drug-likeness (QED) is 0.336. The predicted molar refractivity (Wildman–Crippen MR) is 149 cm³/mol. The summed E-state index contributed by atoms with van der Waals surface area (Å²) in [7, 11) is 1.51. The summed E-state index contributed by atoms with van der Waals surface area (Å²) in [5, 5.41) is 1.22. The molecule has 3 fully saturated rings. The molecule has 0 bridgehead atoms. The number of nitrogens with one attached hydrogen (secondary N) is 1. The van der Waals surface area contributed by atoms with Gasteiger partial charge in [0.1, 0.15) is 5.57 Å². The molecule has 0 aliphatic carbocycles. The van der Waals surface area contributed by atoms with Crippen LogP contribution in [0.25, 0.3) is 6.08 Å². The van der Waals surface area contributed by atoms with Crippen LogP contribution >= 0.6 is 0 Å². The summed E-state index contributed by atoms with van der Waals surface area (Å²) in [6.45, 7) is 4.98. The zero-order valence-electron chi connectivity index (χ0n) is 22.5. The summed E-state index contributed by atoms with van der Waals surface area (Å²) in [6, 6.07) is 14.1. The van der Waals surface area contributed by atoms with Crippen molar-refractivity contribution < 1.29 is 28.5 Å². The number of hydrazine groups is 1. The van der Waals surface area contributed by atoms with Crippen molar-refractivity contribution in [3.05, 3.63) is 59.7 Å². The molecule has 3 aromatic rings. The number of anilines is 3. The lowest BCUT2D eigenvalue weighted by molar-refractivity contribution is -0.117. The lowest BCUT2D eigenvalue weighted by atomic mass is 10.1. The zero-order valence-corrected chi connectivity index (χ0v) is 22.5. The second-order valence-electron chi connectivity index (χ2n) is 9.40. The van der Waals surface area contributed by atoms with Gasteiger partial charge in [-0.2, -0.15) is 15.0 Å². The minimum atomic E-state index is -0.491. The molecule has 41 heavy (non-hydrogen) atoms. The van der Waals surface area contributed by atoms with Crippen LogP contribution in [0.2, 0.25) is 0 Å². The highest BCUT2D eigenvalue weighted by molar-refractivity contribution is 6.31. The van der Waals surface area contributed by atoms with Gasteiger partial charge in [0.15, 0.2) is 11.5 Å². The molecular weight excluding hydrogens is 530 g/mol. The van der Waals surface area contributed by atoms with Crippen molar-refractivity contribution in [2.75, 3.05) is 74.5 Å². The van der Waals surface area contributed by atoms with E-state index in [1.165, 1.54) is 18.2 Å². The highest BCUT2D eigenvalue weighted by atomic mass is 16.5. The minimum Gasteiger partial charge on any atom is -0.493 e. The highest BCUT2D eigenvalue weighted by Gasteiger charge is 2.34. The molecule has 1 aromatic heterocycles. The Bertz CT molecular complexity index is 1420. The van der Waals surface area contributed by atoms with E-state index < -0.39 is 11.8 Å². The monoisotopic (exact) mass is 559 g/mol. The maximum absolute atomic E-state index is 13.0. The van der Waals surface area contributed by atoms with Crippen molar-refractivity contribution in [3.63, 3.8) is 0 Å². The average molecular weight is 560 g/mol. The molecule has 0 atom stereocenters. The molecule has 0 unspecified atom stereocenters. The van der Waals surface area contributed by atoms with Gasteiger partial charge in [0.05, 0.1) is 39.2 Å². The molecule has 3 aliphatic heterocycles. The summed E-state index contributed by atoms with van der Waals surface area (Å²) >= 11 is 0. The molecular formula is C28H29N7O6. The molecule has 2 amide bonds. The Hall–Kier alpha value is -4.75. The summed E-state index contributed by atoms with van der Waals surface area (Å²) in [5.74, 6) is 0.829. The van der Waals surface area contributed by atoms with E-state index in [1.807, 2.05) is 15.9 Å². The maximum atomic E-state index is 13.0. The Balaban J connectivity index is 1.27. The van der Waals surface area contributed by atoms with Gasteiger partial charge < -0.3 is 28.7 Å². The Labute approximate surface area is 236 Å². The molecule has 13 nitrogen and oxygen atoms in total. The first-order valence-corrected chi connectivity index (χ1v) is 13.3. The zero-order chi connectivity index (χ0) is 28.2. The van der Waals surface area contributed by atoms with E-state index in [9.17, 15) is 9.59 Å². The predicted octanol–water partition coefficient (Wildman–Crippen LogP) is 1.81. The van der Waals surface area contributed by atoms with Crippen molar-refractivity contribution in [2.45, 2.75) is 0 Å². The van der Waals surface area contributed by atoms with Gasteiger partial charge in [0.2, 0.25) is 11.9 Å². The molecule has 0 saturated carbocycles. The van der Waals surface area contributed by atoms with Crippen molar-refractivity contribution >= 4 is 35.5 Å². The largest absolute Gasteiger partial charge is 0.493 e. The fourth-order valence-electron chi connectivity index (χ4n) is 4.63. The number of morpholine rings is 2. The van der Waals surface area contributed by atoms with Gasteiger partial charge >= 0.3 is 6.01 Å². The number of aromatic nitrogens is 3. The third-order valence-electron chi connectivity index (χ3n) is 6.78. The standard InChI is InChI=1S/C28H29N7O6/c1-38-23-18-19(17-21-24(36)32-35(25(21)37)20-5-3-2-4-6-20)7-8-22(23)41-28-30-26(33-9-13-39-14-10-33)29-27(31-28)34-11-15-40-16-12-34/h2-8,17-18H,9-16H2,1H3,(H,32,36)/b21-17+. The smallest absolute Gasteiger partial charge is 0.328 e. The van der Waals surface area contributed by atoms with E-state index in [1.54, 1.807) is 42.5 Å². The average Bonchev–Trinajstić information content (AvgIpc) is 3.31. The van der Waals surface area contributed by atoms with Crippen molar-refractivity contribution in [1.82, 2.24) is 20.4 Å². The van der Waals surface area contributed by atoms with Gasteiger partial charge in [-0.25, -0.2) is 5.01 Å². The Morgan fingerprint density at radius 3 is 2.07 bits per heavy atom. The number of amides is 2. The Morgan fingerprint density at radius 2 is 1.46 bits per heavy atom. The van der Waals surface area contributed by atoms with Crippen molar-refractivity contribution in [3.8, 4) is 17.5 Å². The molecule has 1 N–H and O–H groups in total. The maximum Gasteiger partial charge on any atom is 0.328 e. The second-order valence-corrected chi connectivity index (χ2v) is 9.40. The number of nitrogens with zero attached hydrogens (tertiary/aromatic N) is 6. The van der Waals surface area contributed by atoms with Crippen LogP contribution in [0.3, 0.4) is 0 Å². The van der Waals surface area contributed by atoms with Crippen LogP contribution in [0.5, 0.6) is 17.5 Å². The number of ether oxygens (including phenoxy) is 4. The minimum absolute atomic E-state index is 0.00680. The topological polar surface area (TPSA) is 131 Å². The number of methoxy groups -OCH3 is 1. The van der Waals surface area contributed by atoms with E-state index in [0.717, 1.165) is 0 Å². The SMILES string of the molecule is COc1cc(/C=C2\C(=O)NN(c3ccccc3)C2=O)ccc1Oc1nc(N2CCOCC2)nc(N2CCOCC2)n1. The first-order chi connectivity index (χ1) is 20.1. The van der Waals surface area contributed by atoms with Gasteiger partial charge in [0.25, 0.3) is 11.8 Å². The molecule has 3 saturated heterocycles. The summed E-state index contributed by atoms with van der Waals surface area (Å²) in [6.07, 6.45) is 1.52. The molecule has 4 heterocycles. The van der Waals surface area contributed by atoms with Gasteiger partial charge in [0, 0.05) is 26.2 Å². The highest BCUT2D eigenvalue weighted by Crippen LogP contribution is 2.33. The van der Waals surface area contributed by atoms with Gasteiger partial charge in [-0.05, 0) is 35.9 Å². The van der Waals surface area contributed by atoms with E-state index >= 15 is 0 Å². The lowest BCUT2D eigenvalue weighted by Gasteiger charge is -2.30. The van der Waals surface area contributed by atoms with E-state index in [0.29, 0.717) is 87.3 Å². The third kappa shape index (κ3) is 5.76. The molecule has 0 radical (unpaired) electrons. The Morgan fingerprint density at radius 1 is 0.829 bits per heavy atom. The van der Waals surface area contributed by atoms with Crippen LogP contribution in [-0.4, -0.2) is 86.5 Å². The summed E-state index contributed by atoms with van der Waals surface area (Å²) in [4.78, 5) is 43.5. The van der Waals surface area contributed by atoms with Crippen LogP contribution in [0, 0.1) is 0 Å². The number of rotatable bonds is 7. The number of benzene rings is 2. The molecule has 0 spiro atoms. The first-order valence-electron chi connectivity index (χ1n) is 13.3. The van der Waals surface area contributed by atoms with Gasteiger partial charge in [-0.15, -0.1) is 0 Å². The molecule has 212 valence electrons. The number of para-hydroxylation sites is 1. The Kier molecular flexibility index (Phi) is 7.60. The van der Waals surface area contributed by atoms with Gasteiger partial charge in [-0.3, -0.25) is 15.0 Å². The van der Waals surface area contributed by atoms with Crippen LogP contribution in [0.15, 0.2) is 54.1 Å². The van der Waals surface area contributed by atoms with Crippen LogP contribution in [0.4, 0.5) is 17.6 Å². The fraction of sp³-hybridized carbons (Fsp3) is 0.321. The van der Waals surface area contributed by atoms with Crippen LogP contribution in [-0.2, 0) is 19.1 Å². The van der Waals surface area contributed by atoms with Crippen molar-refractivity contribution in [1.29, 1.82) is 0 Å². The summed E-state index contributed by atoms with van der Waals surface area (Å²) < 4.78 is 22.7. The van der Waals surface area contributed by atoms with E-state index in [-0.39, 0.29) is 11.6 Å². The van der Waals surface area contributed by atoms with Crippen LogP contribution in [0.1, 0.15) is 5.56 Å². The molecule has 2 aromatic carbocycles. The van der Waals surface area contributed by atoms with E-state index in [4.69, 9.17) is 23.9 Å². The number of hydrogen-bond donors (Lipinski definition) is 1. The normalized spacial score (nSPS) is 18.6. The molecule has 13 heteroatoms. The van der Waals surface area contributed by atoms with E-state index in [2.05, 4.69) is 15.4 Å². The number of hydrogen-bond acceptors (Lipinski definition) is 11.